The molecule has 1 saturated heterocycles. The van der Waals surface area contributed by atoms with Crippen molar-refractivity contribution in [2.45, 2.75) is 12.8 Å². The number of amides is 1. The highest BCUT2D eigenvalue weighted by Crippen LogP contribution is 2.34. The van der Waals surface area contributed by atoms with Crippen LogP contribution in [0.15, 0.2) is 42.6 Å². The molecule has 2 aliphatic heterocycles. The molecular formula is C28H34ClN7O3. The standard InChI is InChI=1S/C28H34ClN7O3/c1-30-26(37)18-35-9-7-19-3-4-21(15-20(19)8-10-35)32-28-31-17-23(29)27(34-28)33-24-6-5-22(16-25(24)38-2)36-11-13-39-14-12-36/h3-6,15-17H,7-14,18H2,1-2H3,(H,30,37)(H2,31,32,33,34). The monoisotopic (exact) mass is 551 g/mol. The fraction of sp³-hybridized carbons (Fsp3) is 0.393. The number of fused-ring (bicyclic) bond motifs is 1. The highest BCUT2D eigenvalue weighted by molar-refractivity contribution is 6.33. The van der Waals surface area contributed by atoms with Crippen LogP contribution in [0.5, 0.6) is 5.75 Å². The Hall–Kier alpha value is -3.60. The summed E-state index contributed by atoms with van der Waals surface area (Å²) in [4.78, 5) is 25.3. The van der Waals surface area contributed by atoms with Crippen molar-refractivity contribution < 1.29 is 14.3 Å². The van der Waals surface area contributed by atoms with Crippen LogP contribution in [0.2, 0.25) is 5.02 Å². The first-order valence-electron chi connectivity index (χ1n) is 13.1. The summed E-state index contributed by atoms with van der Waals surface area (Å²) in [7, 11) is 3.32. The van der Waals surface area contributed by atoms with Gasteiger partial charge in [0, 0.05) is 50.7 Å². The van der Waals surface area contributed by atoms with Gasteiger partial charge in [0.05, 0.1) is 38.8 Å². The van der Waals surface area contributed by atoms with E-state index in [1.807, 2.05) is 18.2 Å². The molecule has 1 aromatic heterocycles. The molecule has 206 valence electrons. The van der Waals surface area contributed by atoms with Crippen LogP contribution in [0.3, 0.4) is 0 Å². The van der Waals surface area contributed by atoms with Crippen LogP contribution in [0.25, 0.3) is 0 Å². The Bertz CT molecular complexity index is 1320. The Labute approximate surface area is 233 Å². The lowest BCUT2D eigenvalue weighted by Gasteiger charge is -2.29. The van der Waals surface area contributed by atoms with E-state index in [1.54, 1.807) is 20.4 Å². The second-order valence-corrected chi connectivity index (χ2v) is 9.96. The SMILES string of the molecule is CNC(=O)CN1CCc2ccc(Nc3ncc(Cl)c(Nc4ccc(N5CCOCC5)cc4OC)n3)cc2CC1. The maximum absolute atomic E-state index is 11.8. The number of hydrogen-bond donors (Lipinski definition) is 3. The summed E-state index contributed by atoms with van der Waals surface area (Å²) in [6.45, 7) is 5.24. The molecule has 1 fully saturated rings. The first kappa shape index (κ1) is 27.0. The zero-order valence-corrected chi connectivity index (χ0v) is 23.1. The van der Waals surface area contributed by atoms with E-state index in [1.165, 1.54) is 11.1 Å². The predicted octanol–water partition coefficient (Wildman–Crippen LogP) is 3.61. The molecule has 10 nitrogen and oxygen atoms in total. The van der Waals surface area contributed by atoms with E-state index < -0.39 is 0 Å². The highest BCUT2D eigenvalue weighted by Gasteiger charge is 2.18. The normalized spacial score (nSPS) is 15.7. The molecule has 0 spiro atoms. The van der Waals surface area contributed by atoms with Crippen LogP contribution in [-0.2, 0) is 22.4 Å². The number of rotatable bonds is 8. The maximum atomic E-state index is 11.8. The number of carbonyl (C=O) groups is 1. The van der Waals surface area contributed by atoms with Crippen molar-refractivity contribution in [2.75, 3.05) is 75.6 Å². The fourth-order valence-electron chi connectivity index (χ4n) is 4.86. The Kier molecular flexibility index (Phi) is 8.65. The third-order valence-corrected chi connectivity index (χ3v) is 7.34. The minimum absolute atomic E-state index is 0.0401. The zero-order chi connectivity index (χ0) is 27.2. The molecule has 2 aliphatic rings. The zero-order valence-electron chi connectivity index (χ0n) is 22.3. The fourth-order valence-corrected chi connectivity index (χ4v) is 5.00. The molecule has 0 bridgehead atoms. The minimum Gasteiger partial charge on any atom is -0.494 e. The third kappa shape index (κ3) is 6.70. The van der Waals surface area contributed by atoms with E-state index in [2.05, 4.69) is 53.9 Å². The van der Waals surface area contributed by atoms with Crippen molar-refractivity contribution in [2.24, 2.45) is 0 Å². The van der Waals surface area contributed by atoms with Gasteiger partial charge in [-0.25, -0.2) is 4.98 Å². The summed E-state index contributed by atoms with van der Waals surface area (Å²) >= 11 is 6.46. The number of methoxy groups -OCH3 is 1. The number of nitrogens with one attached hydrogen (secondary N) is 3. The Morgan fingerprint density at radius 1 is 1.05 bits per heavy atom. The van der Waals surface area contributed by atoms with E-state index in [0.717, 1.165) is 69.3 Å². The van der Waals surface area contributed by atoms with E-state index in [0.29, 0.717) is 29.1 Å². The van der Waals surface area contributed by atoms with Gasteiger partial charge in [-0.05, 0) is 48.2 Å². The molecule has 1 amide bonds. The number of aromatic nitrogens is 2. The smallest absolute Gasteiger partial charge is 0.233 e. The largest absolute Gasteiger partial charge is 0.494 e. The number of carbonyl (C=O) groups excluding carboxylic acids is 1. The summed E-state index contributed by atoms with van der Waals surface area (Å²) in [5.74, 6) is 1.64. The molecule has 0 aliphatic carbocycles. The van der Waals surface area contributed by atoms with Gasteiger partial charge in [-0.2, -0.15) is 4.98 Å². The first-order valence-corrected chi connectivity index (χ1v) is 13.5. The van der Waals surface area contributed by atoms with Gasteiger partial charge < -0.3 is 30.3 Å². The number of nitrogens with zero attached hydrogens (tertiary/aromatic N) is 4. The van der Waals surface area contributed by atoms with Crippen molar-refractivity contribution in [3.8, 4) is 5.75 Å². The summed E-state index contributed by atoms with van der Waals surface area (Å²) in [5, 5.41) is 9.72. The molecule has 0 radical (unpaired) electrons. The predicted molar refractivity (Wildman–Crippen MR) is 154 cm³/mol. The number of benzene rings is 2. The van der Waals surface area contributed by atoms with Gasteiger partial charge in [-0.1, -0.05) is 17.7 Å². The van der Waals surface area contributed by atoms with Gasteiger partial charge in [0.15, 0.2) is 5.82 Å². The first-order chi connectivity index (χ1) is 19.0. The number of morpholine rings is 1. The molecule has 3 N–H and O–H groups in total. The van der Waals surface area contributed by atoms with E-state index >= 15 is 0 Å². The molecule has 5 rings (SSSR count). The highest BCUT2D eigenvalue weighted by atomic mass is 35.5. The van der Waals surface area contributed by atoms with Crippen molar-refractivity contribution in [3.63, 3.8) is 0 Å². The third-order valence-electron chi connectivity index (χ3n) is 7.06. The summed E-state index contributed by atoms with van der Waals surface area (Å²) in [6, 6.07) is 12.3. The topological polar surface area (TPSA) is 104 Å². The Balaban J connectivity index is 1.29. The minimum atomic E-state index is 0.0401. The maximum Gasteiger partial charge on any atom is 0.233 e. The molecule has 0 atom stereocenters. The molecule has 11 heteroatoms. The van der Waals surface area contributed by atoms with E-state index in [-0.39, 0.29) is 5.91 Å². The molecule has 39 heavy (non-hydrogen) atoms. The summed E-state index contributed by atoms with van der Waals surface area (Å²) < 4.78 is 11.1. The van der Waals surface area contributed by atoms with E-state index in [9.17, 15) is 4.79 Å². The van der Waals surface area contributed by atoms with E-state index in [4.69, 9.17) is 21.1 Å². The van der Waals surface area contributed by atoms with Gasteiger partial charge in [-0.3, -0.25) is 9.69 Å². The van der Waals surface area contributed by atoms with Gasteiger partial charge in [0.2, 0.25) is 11.9 Å². The van der Waals surface area contributed by atoms with Crippen molar-refractivity contribution in [1.82, 2.24) is 20.2 Å². The number of likely N-dealkylation sites (N-methyl/N-ethyl adjacent to an activating group) is 1. The van der Waals surface area contributed by atoms with Crippen LogP contribution in [0.1, 0.15) is 11.1 Å². The van der Waals surface area contributed by atoms with Crippen LogP contribution in [-0.4, -0.2) is 80.9 Å². The van der Waals surface area contributed by atoms with Gasteiger partial charge >= 0.3 is 0 Å². The second-order valence-electron chi connectivity index (χ2n) is 9.56. The van der Waals surface area contributed by atoms with Gasteiger partial charge in [0.1, 0.15) is 10.8 Å². The van der Waals surface area contributed by atoms with Crippen LogP contribution in [0.4, 0.5) is 28.8 Å². The molecule has 3 aromatic rings. The lowest BCUT2D eigenvalue weighted by Crippen LogP contribution is -2.37. The van der Waals surface area contributed by atoms with Crippen molar-refractivity contribution >= 4 is 46.3 Å². The number of halogens is 1. The van der Waals surface area contributed by atoms with Crippen LogP contribution < -0.4 is 25.6 Å². The van der Waals surface area contributed by atoms with Gasteiger partial charge in [0.25, 0.3) is 0 Å². The number of ether oxygens (including phenoxy) is 2. The number of hydrogen-bond acceptors (Lipinski definition) is 9. The molecule has 0 saturated carbocycles. The second kappa shape index (κ2) is 12.5. The molecule has 3 heterocycles. The summed E-state index contributed by atoms with van der Waals surface area (Å²) in [5.41, 5.74) is 5.29. The Morgan fingerprint density at radius 2 is 1.85 bits per heavy atom. The van der Waals surface area contributed by atoms with Gasteiger partial charge in [-0.15, -0.1) is 0 Å². The average molecular weight is 552 g/mol. The number of anilines is 5. The van der Waals surface area contributed by atoms with Crippen molar-refractivity contribution in [3.05, 3.63) is 58.7 Å². The molecular weight excluding hydrogens is 518 g/mol. The van der Waals surface area contributed by atoms with Crippen molar-refractivity contribution in [1.29, 1.82) is 0 Å². The lowest BCUT2D eigenvalue weighted by atomic mass is 10.0. The average Bonchev–Trinajstić information content (AvgIpc) is 3.17. The molecule has 0 unspecified atom stereocenters. The van der Waals surface area contributed by atoms with Crippen LogP contribution >= 0.6 is 11.6 Å². The summed E-state index contributed by atoms with van der Waals surface area (Å²) in [6.07, 6.45) is 3.36. The van der Waals surface area contributed by atoms with Crippen LogP contribution in [0, 0.1) is 0 Å². The lowest BCUT2D eigenvalue weighted by molar-refractivity contribution is -0.121. The Morgan fingerprint density at radius 3 is 2.62 bits per heavy atom. The quantitative estimate of drug-likeness (QED) is 0.387. The molecule has 2 aromatic carbocycles.